The molecule has 0 spiro atoms. The monoisotopic (exact) mass is 343 g/mol. The van der Waals surface area contributed by atoms with E-state index in [0.717, 1.165) is 10.6 Å². The summed E-state index contributed by atoms with van der Waals surface area (Å²) in [5.74, 6) is 0.124. The quantitative estimate of drug-likeness (QED) is 0.794. The molecule has 0 fully saturated rings. The maximum atomic E-state index is 12.7. The van der Waals surface area contributed by atoms with E-state index >= 15 is 0 Å². The van der Waals surface area contributed by atoms with Crippen LogP contribution in [-0.2, 0) is 7.05 Å². The number of pyridine rings is 1. The Kier molecular flexibility index (Phi) is 4.11. The highest BCUT2D eigenvalue weighted by Gasteiger charge is 2.18. The number of amides is 1. The molecule has 7 heteroatoms. The minimum atomic E-state index is -0.464. The normalized spacial score (nSPS) is 10.8. The van der Waals surface area contributed by atoms with Gasteiger partial charge in [-0.05, 0) is 26.0 Å². The minimum Gasteiger partial charge on any atom is -0.495 e. The van der Waals surface area contributed by atoms with Gasteiger partial charge in [0.1, 0.15) is 11.3 Å². The van der Waals surface area contributed by atoms with Crippen LogP contribution >= 0.6 is 11.3 Å². The smallest absolute Gasteiger partial charge is 0.262 e. The lowest BCUT2D eigenvalue weighted by atomic mass is 10.1. The first-order chi connectivity index (χ1) is 11.4. The molecule has 0 saturated carbocycles. The molecule has 6 nitrogen and oxygen atoms in total. The van der Waals surface area contributed by atoms with E-state index in [9.17, 15) is 9.59 Å². The number of benzene rings is 1. The van der Waals surface area contributed by atoms with Crippen LogP contribution in [0.2, 0.25) is 0 Å². The van der Waals surface area contributed by atoms with Crippen molar-refractivity contribution < 1.29 is 9.53 Å². The third-order valence-electron chi connectivity index (χ3n) is 3.88. The summed E-state index contributed by atoms with van der Waals surface area (Å²) in [6, 6.07) is 5.20. The second-order valence-corrected chi connectivity index (χ2v) is 6.66. The number of aryl methyl sites for hydroxylation is 3. The number of para-hydroxylation sites is 1. The molecule has 0 aliphatic carbocycles. The van der Waals surface area contributed by atoms with Crippen molar-refractivity contribution in [1.29, 1.82) is 0 Å². The number of carbonyl (C=O) groups excluding carboxylic acids is 1. The van der Waals surface area contributed by atoms with Crippen molar-refractivity contribution in [3.05, 3.63) is 50.8 Å². The standard InChI is InChI=1S/C17H17N3O3S/c1-9-10(2)24-17(18-9)19-16(22)12-8-20(3)14-11(15(12)21)6-5-7-13(14)23-4/h5-8H,1-4H3,(H,18,19,22). The fraction of sp³-hybridized carbons (Fsp3) is 0.235. The van der Waals surface area contributed by atoms with E-state index in [1.165, 1.54) is 17.5 Å². The van der Waals surface area contributed by atoms with Gasteiger partial charge in [0, 0.05) is 18.1 Å². The summed E-state index contributed by atoms with van der Waals surface area (Å²) in [7, 11) is 3.33. The first-order valence-corrected chi connectivity index (χ1v) is 8.15. The first-order valence-electron chi connectivity index (χ1n) is 7.34. The van der Waals surface area contributed by atoms with Crippen LogP contribution in [0.25, 0.3) is 10.9 Å². The van der Waals surface area contributed by atoms with Crippen LogP contribution in [0.15, 0.2) is 29.2 Å². The van der Waals surface area contributed by atoms with Gasteiger partial charge in [-0.1, -0.05) is 6.07 Å². The highest BCUT2D eigenvalue weighted by Crippen LogP contribution is 2.24. The number of hydrogen-bond donors (Lipinski definition) is 1. The molecule has 1 N–H and O–H groups in total. The number of hydrogen-bond acceptors (Lipinski definition) is 5. The van der Waals surface area contributed by atoms with E-state index in [1.807, 2.05) is 13.8 Å². The van der Waals surface area contributed by atoms with Crippen molar-refractivity contribution >= 4 is 33.3 Å². The van der Waals surface area contributed by atoms with Crippen molar-refractivity contribution in [3.8, 4) is 5.75 Å². The molecular weight excluding hydrogens is 326 g/mol. The molecule has 3 aromatic rings. The summed E-state index contributed by atoms with van der Waals surface area (Å²) in [5.41, 5.74) is 1.27. The Balaban J connectivity index is 2.08. The molecule has 0 unspecified atom stereocenters. The minimum absolute atomic E-state index is 0.0729. The van der Waals surface area contributed by atoms with Crippen LogP contribution < -0.4 is 15.5 Å². The number of thiazole rings is 1. The van der Waals surface area contributed by atoms with E-state index in [1.54, 1.807) is 36.9 Å². The van der Waals surface area contributed by atoms with E-state index < -0.39 is 5.91 Å². The van der Waals surface area contributed by atoms with Crippen LogP contribution in [0.4, 0.5) is 5.13 Å². The van der Waals surface area contributed by atoms with Crippen molar-refractivity contribution in [1.82, 2.24) is 9.55 Å². The van der Waals surface area contributed by atoms with Crippen molar-refractivity contribution in [3.63, 3.8) is 0 Å². The molecule has 2 heterocycles. The SMILES string of the molecule is COc1cccc2c(=O)c(C(=O)Nc3nc(C)c(C)s3)cn(C)c12. The van der Waals surface area contributed by atoms with Gasteiger partial charge in [-0.25, -0.2) is 4.98 Å². The molecule has 1 aromatic carbocycles. The van der Waals surface area contributed by atoms with Crippen LogP contribution in [-0.4, -0.2) is 22.6 Å². The molecule has 0 radical (unpaired) electrons. The van der Waals surface area contributed by atoms with Crippen LogP contribution in [0.1, 0.15) is 20.9 Å². The molecule has 1 amide bonds. The predicted molar refractivity (Wildman–Crippen MR) is 95.3 cm³/mol. The lowest BCUT2D eigenvalue weighted by molar-refractivity contribution is 0.102. The van der Waals surface area contributed by atoms with E-state index in [2.05, 4.69) is 10.3 Å². The number of nitrogens with one attached hydrogen (secondary N) is 1. The zero-order valence-corrected chi connectivity index (χ0v) is 14.7. The van der Waals surface area contributed by atoms with Gasteiger partial charge in [0.05, 0.1) is 23.7 Å². The molecular formula is C17H17N3O3S. The number of anilines is 1. The summed E-state index contributed by atoms with van der Waals surface area (Å²) < 4.78 is 7.03. The first kappa shape index (κ1) is 16.2. The molecule has 2 aromatic heterocycles. The largest absolute Gasteiger partial charge is 0.495 e. The van der Waals surface area contributed by atoms with Gasteiger partial charge in [-0.3, -0.25) is 14.9 Å². The Hall–Kier alpha value is -2.67. The summed E-state index contributed by atoms with van der Waals surface area (Å²) in [4.78, 5) is 30.5. The number of rotatable bonds is 3. The lowest BCUT2D eigenvalue weighted by Gasteiger charge is -2.11. The van der Waals surface area contributed by atoms with Crippen molar-refractivity contribution in [2.24, 2.45) is 7.05 Å². The molecule has 24 heavy (non-hydrogen) atoms. The number of methoxy groups -OCH3 is 1. The van der Waals surface area contributed by atoms with Gasteiger partial charge in [-0.15, -0.1) is 11.3 Å². The highest BCUT2D eigenvalue weighted by atomic mass is 32.1. The summed E-state index contributed by atoms with van der Waals surface area (Å²) in [6.07, 6.45) is 1.52. The van der Waals surface area contributed by atoms with Gasteiger partial charge in [0.25, 0.3) is 5.91 Å². The Morgan fingerprint density at radius 3 is 2.71 bits per heavy atom. The third-order valence-corrected chi connectivity index (χ3v) is 4.87. The Bertz CT molecular complexity index is 985. The summed E-state index contributed by atoms with van der Waals surface area (Å²) in [5, 5.41) is 3.63. The second kappa shape index (κ2) is 6.09. The molecule has 0 saturated heterocycles. The Morgan fingerprint density at radius 2 is 2.08 bits per heavy atom. The van der Waals surface area contributed by atoms with E-state index in [4.69, 9.17) is 4.74 Å². The number of nitrogens with zero attached hydrogens (tertiary/aromatic N) is 2. The topological polar surface area (TPSA) is 73.2 Å². The second-order valence-electron chi connectivity index (χ2n) is 5.45. The molecule has 124 valence electrons. The number of ether oxygens (including phenoxy) is 1. The van der Waals surface area contributed by atoms with Gasteiger partial charge < -0.3 is 9.30 Å². The van der Waals surface area contributed by atoms with E-state index in [-0.39, 0.29) is 11.0 Å². The summed E-state index contributed by atoms with van der Waals surface area (Å²) >= 11 is 1.39. The fourth-order valence-electron chi connectivity index (χ4n) is 2.55. The maximum Gasteiger partial charge on any atom is 0.262 e. The number of fused-ring (bicyclic) bond motifs is 1. The highest BCUT2D eigenvalue weighted by molar-refractivity contribution is 7.15. The number of aromatic nitrogens is 2. The zero-order chi connectivity index (χ0) is 17.4. The fourth-order valence-corrected chi connectivity index (χ4v) is 3.36. The van der Waals surface area contributed by atoms with Gasteiger partial charge in [-0.2, -0.15) is 0 Å². The average molecular weight is 343 g/mol. The third kappa shape index (κ3) is 2.67. The Labute approximate surface area is 142 Å². The number of carbonyl (C=O) groups is 1. The predicted octanol–water partition coefficient (Wildman–Crippen LogP) is 2.87. The Morgan fingerprint density at radius 1 is 1.33 bits per heavy atom. The molecule has 0 aliphatic rings. The molecule has 0 atom stereocenters. The summed E-state index contributed by atoms with van der Waals surface area (Å²) in [6.45, 7) is 3.81. The van der Waals surface area contributed by atoms with Crippen LogP contribution in [0.5, 0.6) is 5.75 Å². The van der Waals surface area contributed by atoms with Gasteiger partial charge in [0.15, 0.2) is 5.13 Å². The average Bonchev–Trinajstić information content (AvgIpc) is 2.87. The van der Waals surface area contributed by atoms with Gasteiger partial charge >= 0.3 is 0 Å². The van der Waals surface area contributed by atoms with Crippen molar-refractivity contribution in [2.75, 3.05) is 12.4 Å². The molecule has 0 bridgehead atoms. The van der Waals surface area contributed by atoms with Crippen LogP contribution in [0.3, 0.4) is 0 Å². The molecule has 0 aliphatic heterocycles. The maximum absolute atomic E-state index is 12.7. The van der Waals surface area contributed by atoms with Crippen LogP contribution in [0, 0.1) is 13.8 Å². The van der Waals surface area contributed by atoms with E-state index in [0.29, 0.717) is 21.8 Å². The van der Waals surface area contributed by atoms with Gasteiger partial charge in [0.2, 0.25) is 5.43 Å². The zero-order valence-electron chi connectivity index (χ0n) is 13.8. The lowest BCUT2D eigenvalue weighted by Crippen LogP contribution is -2.23. The molecule has 3 rings (SSSR count). The van der Waals surface area contributed by atoms with Crippen molar-refractivity contribution in [2.45, 2.75) is 13.8 Å².